The van der Waals surface area contributed by atoms with E-state index < -0.39 is 11.8 Å². The maximum absolute atomic E-state index is 12.5. The number of amides is 3. The van der Waals surface area contributed by atoms with Gasteiger partial charge in [0.25, 0.3) is 11.8 Å². The number of nitrogens with one attached hydrogen (secondary N) is 4. The van der Waals surface area contributed by atoms with E-state index in [2.05, 4.69) is 21.5 Å². The molecule has 4 aliphatic carbocycles. The summed E-state index contributed by atoms with van der Waals surface area (Å²) < 4.78 is 5.21. The Morgan fingerprint density at radius 3 is 2.10 bits per heavy atom. The molecule has 0 atom stereocenters. The van der Waals surface area contributed by atoms with Crippen LogP contribution in [0.3, 0.4) is 0 Å². The first kappa shape index (κ1) is 21.5. The molecular weight excluding hydrogens is 396 g/mol. The number of para-hydroxylation sites is 2. The Balaban J connectivity index is 1.14. The van der Waals surface area contributed by atoms with Crippen molar-refractivity contribution >= 4 is 23.4 Å². The fraction of sp³-hybridized carbons (Fsp3) is 0.609. The molecular formula is C23H32N4O4. The first-order chi connectivity index (χ1) is 14.9. The Morgan fingerprint density at radius 1 is 0.903 bits per heavy atom. The van der Waals surface area contributed by atoms with E-state index in [-0.39, 0.29) is 24.4 Å². The molecule has 0 aromatic heterocycles. The first-order valence-corrected chi connectivity index (χ1v) is 11.2. The molecule has 4 bridgehead atoms. The van der Waals surface area contributed by atoms with Gasteiger partial charge >= 0.3 is 0 Å². The number of rotatable bonds is 8. The van der Waals surface area contributed by atoms with Crippen molar-refractivity contribution in [2.45, 2.75) is 44.9 Å². The summed E-state index contributed by atoms with van der Waals surface area (Å²) in [6.45, 7) is -0.176. The third kappa shape index (κ3) is 5.29. The lowest BCUT2D eigenvalue weighted by Gasteiger charge is -2.56. The number of hydrogen-bond acceptors (Lipinski definition) is 5. The molecule has 0 aliphatic heterocycles. The van der Waals surface area contributed by atoms with E-state index in [1.54, 1.807) is 19.2 Å². The average Bonchev–Trinajstić information content (AvgIpc) is 2.73. The zero-order valence-electron chi connectivity index (χ0n) is 18.0. The molecule has 4 aliphatic rings. The van der Waals surface area contributed by atoms with Gasteiger partial charge < -0.3 is 15.4 Å². The molecule has 0 heterocycles. The third-order valence-corrected chi connectivity index (χ3v) is 7.03. The maximum Gasteiger partial charge on any atom is 0.257 e. The van der Waals surface area contributed by atoms with Gasteiger partial charge in [0.15, 0.2) is 0 Å². The van der Waals surface area contributed by atoms with Crippen molar-refractivity contribution in [3.8, 4) is 5.75 Å². The van der Waals surface area contributed by atoms with E-state index in [0.717, 1.165) is 37.0 Å². The number of hydrazine groups is 1. The van der Waals surface area contributed by atoms with Gasteiger partial charge in [-0.05, 0) is 73.8 Å². The third-order valence-electron chi connectivity index (χ3n) is 7.03. The fourth-order valence-corrected chi connectivity index (χ4v) is 6.28. The number of carbonyl (C=O) groups excluding carboxylic acids is 3. The summed E-state index contributed by atoms with van der Waals surface area (Å²) in [6, 6.07) is 7.25. The Hall–Kier alpha value is -2.77. The predicted molar refractivity (Wildman–Crippen MR) is 116 cm³/mol. The van der Waals surface area contributed by atoms with Crippen LogP contribution in [0.15, 0.2) is 24.3 Å². The van der Waals surface area contributed by atoms with Crippen LogP contribution in [0.5, 0.6) is 5.75 Å². The van der Waals surface area contributed by atoms with Crippen molar-refractivity contribution in [2.75, 3.05) is 25.5 Å². The minimum Gasteiger partial charge on any atom is -0.495 e. The molecule has 4 N–H and O–H groups in total. The minimum atomic E-state index is -0.454. The Morgan fingerprint density at radius 2 is 1.48 bits per heavy atom. The second-order valence-electron chi connectivity index (χ2n) is 9.52. The fourth-order valence-electron chi connectivity index (χ4n) is 6.28. The van der Waals surface area contributed by atoms with Crippen molar-refractivity contribution < 1.29 is 19.1 Å². The van der Waals surface area contributed by atoms with Gasteiger partial charge in [0, 0.05) is 6.42 Å². The van der Waals surface area contributed by atoms with Crippen LogP contribution in [0.4, 0.5) is 5.69 Å². The van der Waals surface area contributed by atoms with Gasteiger partial charge in [0.2, 0.25) is 5.91 Å². The highest BCUT2D eigenvalue weighted by Gasteiger charge is 2.51. The smallest absolute Gasteiger partial charge is 0.257 e. The summed E-state index contributed by atoms with van der Waals surface area (Å²) in [7, 11) is 1.55. The molecule has 0 radical (unpaired) electrons. The van der Waals surface area contributed by atoms with E-state index in [1.165, 1.54) is 19.3 Å². The molecule has 5 rings (SSSR count). The van der Waals surface area contributed by atoms with Crippen LogP contribution in [-0.2, 0) is 14.4 Å². The van der Waals surface area contributed by atoms with Gasteiger partial charge in [-0.25, -0.2) is 0 Å². The van der Waals surface area contributed by atoms with E-state index >= 15 is 0 Å². The summed E-state index contributed by atoms with van der Waals surface area (Å²) in [6.07, 6.45) is 8.02. The quantitative estimate of drug-likeness (QED) is 0.474. The Bertz CT molecular complexity index is 805. The van der Waals surface area contributed by atoms with Gasteiger partial charge in [-0.2, -0.15) is 0 Å². The van der Waals surface area contributed by atoms with Gasteiger partial charge in [-0.3, -0.25) is 25.2 Å². The van der Waals surface area contributed by atoms with Crippen molar-refractivity contribution in [2.24, 2.45) is 23.2 Å². The largest absolute Gasteiger partial charge is 0.495 e. The molecule has 4 saturated carbocycles. The van der Waals surface area contributed by atoms with E-state index in [1.807, 2.05) is 12.1 Å². The van der Waals surface area contributed by atoms with Crippen LogP contribution in [0, 0.1) is 23.2 Å². The molecule has 1 aromatic rings. The van der Waals surface area contributed by atoms with Gasteiger partial charge in [0.05, 0.1) is 25.9 Å². The van der Waals surface area contributed by atoms with Crippen molar-refractivity contribution in [1.29, 1.82) is 0 Å². The molecule has 31 heavy (non-hydrogen) atoms. The van der Waals surface area contributed by atoms with Crippen LogP contribution < -0.4 is 26.2 Å². The zero-order valence-corrected chi connectivity index (χ0v) is 18.0. The number of benzene rings is 1. The minimum absolute atomic E-state index is 0.0287. The Kier molecular flexibility index (Phi) is 6.34. The predicted octanol–water partition coefficient (Wildman–Crippen LogP) is 1.98. The number of ether oxygens (including phenoxy) is 1. The lowest BCUT2D eigenvalue weighted by Crippen LogP contribution is -2.50. The number of methoxy groups -OCH3 is 1. The number of carbonyl (C=O) groups is 3. The SMILES string of the molecule is COc1ccccc1NCC(=O)NNC(=O)CNC(=O)CC12CC3CC(CC(C3)C1)C2. The molecule has 0 saturated heterocycles. The summed E-state index contributed by atoms with van der Waals surface area (Å²) in [4.78, 5) is 36.5. The lowest BCUT2D eigenvalue weighted by molar-refractivity contribution is -0.132. The first-order valence-electron chi connectivity index (χ1n) is 11.2. The van der Waals surface area contributed by atoms with Crippen molar-refractivity contribution in [3.63, 3.8) is 0 Å². The molecule has 3 amide bonds. The van der Waals surface area contributed by atoms with Crippen molar-refractivity contribution in [3.05, 3.63) is 24.3 Å². The van der Waals surface area contributed by atoms with E-state index in [9.17, 15) is 14.4 Å². The molecule has 0 spiro atoms. The summed E-state index contributed by atoms with van der Waals surface area (Å²) >= 11 is 0. The summed E-state index contributed by atoms with van der Waals surface area (Å²) in [5.41, 5.74) is 5.52. The summed E-state index contributed by atoms with van der Waals surface area (Å²) in [5, 5.41) is 5.67. The second-order valence-corrected chi connectivity index (χ2v) is 9.52. The monoisotopic (exact) mass is 428 g/mol. The summed E-state index contributed by atoms with van der Waals surface area (Å²) in [5.74, 6) is 2.08. The molecule has 1 aromatic carbocycles. The molecule has 8 heteroatoms. The topological polar surface area (TPSA) is 109 Å². The second kappa shape index (κ2) is 9.16. The average molecular weight is 429 g/mol. The molecule has 168 valence electrons. The van der Waals surface area contributed by atoms with Gasteiger partial charge in [-0.1, -0.05) is 12.1 Å². The molecule has 4 fully saturated rings. The van der Waals surface area contributed by atoms with Gasteiger partial charge in [0.1, 0.15) is 5.75 Å². The van der Waals surface area contributed by atoms with Crippen LogP contribution in [0.25, 0.3) is 0 Å². The van der Waals surface area contributed by atoms with Crippen molar-refractivity contribution in [1.82, 2.24) is 16.2 Å². The van der Waals surface area contributed by atoms with Crippen LogP contribution in [0.1, 0.15) is 44.9 Å². The number of hydrogen-bond donors (Lipinski definition) is 4. The highest BCUT2D eigenvalue weighted by atomic mass is 16.5. The zero-order chi connectivity index (χ0) is 21.8. The highest BCUT2D eigenvalue weighted by Crippen LogP contribution is 2.61. The lowest BCUT2D eigenvalue weighted by atomic mass is 9.49. The number of anilines is 1. The highest BCUT2D eigenvalue weighted by molar-refractivity contribution is 5.88. The van der Waals surface area contributed by atoms with E-state index in [0.29, 0.717) is 17.9 Å². The van der Waals surface area contributed by atoms with Crippen LogP contribution in [-0.4, -0.2) is 37.9 Å². The maximum atomic E-state index is 12.5. The van der Waals surface area contributed by atoms with Gasteiger partial charge in [-0.15, -0.1) is 0 Å². The van der Waals surface area contributed by atoms with E-state index in [4.69, 9.17) is 4.74 Å². The Labute approximate surface area is 182 Å². The molecule has 0 unspecified atom stereocenters. The normalized spacial score (nSPS) is 28.0. The molecule has 8 nitrogen and oxygen atoms in total. The van der Waals surface area contributed by atoms with Crippen LogP contribution >= 0.6 is 0 Å². The standard InChI is InChI=1S/C23H32N4O4/c1-31-19-5-3-2-4-18(19)24-13-21(29)26-27-22(30)14-25-20(28)12-23-9-15-6-16(10-23)8-17(7-15)11-23/h2-5,15-17,24H,6-14H2,1H3,(H,25,28)(H,26,29)(H,27,30). The van der Waals surface area contributed by atoms with Crippen LogP contribution in [0.2, 0.25) is 0 Å².